The van der Waals surface area contributed by atoms with Crippen molar-refractivity contribution in [2.24, 2.45) is 5.92 Å². The average Bonchev–Trinajstić information content (AvgIpc) is 2.17. The zero-order valence-corrected chi connectivity index (χ0v) is 10.3. The van der Waals surface area contributed by atoms with Crippen molar-refractivity contribution in [3.8, 4) is 12.3 Å². The molecule has 15 heavy (non-hydrogen) atoms. The van der Waals surface area contributed by atoms with Gasteiger partial charge in [0.2, 0.25) is 0 Å². The fourth-order valence-electron chi connectivity index (χ4n) is 2.28. The van der Waals surface area contributed by atoms with E-state index in [0.717, 1.165) is 32.0 Å². The molecule has 1 aliphatic heterocycles. The third-order valence-electron chi connectivity index (χ3n) is 3.08. The van der Waals surface area contributed by atoms with Gasteiger partial charge in [0.25, 0.3) is 0 Å². The van der Waals surface area contributed by atoms with Gasteiger partial charge in [0.15, 0.2) is 0 Å². The number of nitrogens with one attached hydrogen (secondary N) is 1. The van der Waals surface area contributed by atoms with Crippen LogP contribution in [0.2, 0.25) is 0 Å². The molecule has 0 aliphatic carbocycles. The van der Waals surface area contributed by atoms with E-state index in [4.69, 9.17) is 6.42 Å². The van der Waals surface area contributed by atoms with Crippen molar-refractivity contribution in [2.45, 2.75) is 45.7 Å². The van der Waals surface area contributed by atoms with Crippen LogP contribution in [0.15, 0.2) is 0 Å². The molecule has 0 aromatic carbocycles. The lowest BCUT2D eigenvalue weighted by molar-refractivity contribution is 0.145. The van der Waals surface area contributed by atoms with Crippen molar-refractivity contribution in [1.29, 1.82) is 0 Å². The first-order valence-corrected chi connectivity index (χ1v) is 6.04. The molecule has 1 heterocycles. The van der Waals surface area contributed by atoms with Crippen LogP contribution in [0.5, 0.6) is 0 Å². The van der Waals surface area contributed by atoms with Crippen molar-refractivity contribution < 1.29 is 0 Å². The third kappa shape index (κ3) is 4.24. The lowest BCUT2D eigenvalue weighted by Gasteiger charge is -2.37. The fraction of sp³-hybridized carbons (Fsp3) is 0.846. The van der Waals surface area contributed by atoms with Gasteiger partial charge in [-0.2, -0.15) is 0 Å². The number of rotatable bonds is 4. The quantitative estimate of drug-likeness (QED) is 0.708. The maximum Gasteiger partial charge on any atom is 0.0240 e. The molecule has 2 heteroatoms. The zero-order valence-electron chi connectivity index (χ0n) is 10.3. The predicted octanol–water partition coefficient (Wildman–Crippen LogP) is 1.72. The smallest absolute Gasteiger partial charge is 0.0240 e. The van der Waals surface area contributed by atoms with Crippen LogP contribution in [0.4, 0.5) is 0 Å². The molecule has 1 N–H and O–H groups in total. The lowest BCUT2D eigenvalue weighted by Crippen LogP contribution is -2.53. The summed E-state index contributed by atoms with van der Waals surface area (Å²) in [6.45, 7) is 10.2. The summed E-state index contributed by atoms with van der Waals surface area (Å²) in [5.74, 6) is 3.53. The monoisotopic (exact) mass is 208 g/mol. The van der Waals surface area contributed by atoms with E-state index in [0.29, 0.717) is 12.1 Å². The Morgan fingerprint density at radius 1 is 1.47 bits per heavy atom. The first-order valence-electron chi connectivity index (χ1n) is 6.04. The second-order valence-corrected chi connectivity index (χ2v) is 5.03. The zero-order chi connectivity index (χ0) is 11.3. The van der Waals surface area contributed by atoms with E-state index in [1.54, 1.807) is 0 Å². The van der Waals surface area contributed by atoms with E-state index in [1.165, 1.54) is 6.42 Å². The Labute approximate surface area is 94.4 Å². The van der Waals surface area contributed by atoms with E-state index >= 15 is 0 Å². The van der Waals surface area contributed by atoms with E-state index in [9.17, 15) is 0 Å². The molecule has 2 nitrogen and oxygen atoms in total. The van der Waals surface area contributed by atoms with Gasteiger partial charge in [0, 0.05) is 38.1 Å². The van der Waals surface area contributed by atoms with Crippen molar-refractivity contribution in [2.75, 3.05) is 19.6 Å². The van der Waals surface area contributed by atoms with Crippen LogP contribution < -0.4 is 5.32 Å². The van der Waals surface area contributed by atoms with Gasteiger partial charge in [0.1, 0.15) is 0 Å². The Morgan fingerprint density at radius 2 is 2.20 bits per heavy atom. The van der Waals surface area contributed by atoms with Crippen LogP contribution in [-0.4, -0.2) is 36.6 Å². The Balaban J connectivity index is 2.38. The summed E-state index contributed by atoms with van der Waals surface area (Å²) in [6.07, 6.45) is 7.49. The van der Waals surface area contributed by atoms with Gasteiger partial charge < -0.3 is 5.32 Å². The SMILES string of the molecule is C#CCC(C)N1CCNC(CC(C)C)C1. The molecule has 0 bridgehead atoms. The first-order chi connectivity index (χ1) is 7.13. The summed E-state index contributed by atoms with van der Waals surface area (Å²) in [4.78, 5) is 2.52. The molecule has 0 spiro atoms. The minimum absolute atomic E-state index is 0.534. The van der Waals surface area contributed by atoms with Crippen LogP contribution in [0.1, 0.15) is 33.6 Å². The molecule has 0 saturated carbocycles. The molecular weight excluding hydrogens is 184 g/mol. The Morgan fingerprint density at radius 3 is 2.80 bits per heavy atom. The van der Waals surface area contributed by atoms with Crippen LogP contribution in [0.25, 0.3) is 0 Å². The molecule has 2 unspecified atom stereocenters. The molecule has 0 amide bonds. The van der Waals surface area contributed by atoms with Crippen LogP contribution >= 0.6 is 0 Å². The van der Waals surface area contributed by atoms with Gasteiger partial charge in [-0.1, -0.05) is 13.8 Å². The van der Waals surface area contributed by atoms with Crippen LogP contribution in [0.3, 0.4) is 0 Å². The minimum atomic E-state index is 0.534. The third-order valence-corrected chi connectivity index (χ3v) is 3.08. The van der Waals surface area contributed by atoms with Crippen molar-refractivity contribution >= 4 is 0 Å². The second-order valence-electron chi connectivity index (χ2n) is 5.03. The van der Waals surface area contributed by atoms with E-state index in [2.05, 4.69) is 36.9 Å². The highest BCUT2D eigenvalue weighted by atomic mass is 15.2. The van der Waals surface area contributed by atoms with Gasteiger partial charge in [0.05, 0.1) is 0 Å². The molecule has 1 fully saturated rings. The predicted molar refractivity (Wildman–Crippen MR) is 65.7 cm³/mol. The van der Waals surface area contributed by atoms with Gasteiger partial charge in [-0.15, -0.1) is 12.3 Å². The van der Waals surface area contributed by atoms with E-state index in [1.807, 2.05) is 0 Å². The van der Waals surface area contributed by atoms with Crippen LogP contribution in [-0.2, 0) is 0 Å². The fourth-order valence-corrected chi connectivity index (χ4v) is 2.28. The second kappa shape index (κ2) is 6.15. The number of hydrogen-bond acceptors (Lipinski definition) is 2. The van der Waals surface area contributed by atoms with E-state index in [-0.39, 0.29) is 0 Å². The molecule has 86 valence electrons. The van der Waals surface area contributed by atoms with Gasteiger partial charge >= 0.3 is 0 Å². The summed E-state index contributed by atoms with van der Waals surface area (Å²) >= 11 is 0. The number of piperazine rings is 1. The maximum absolute atomic E-state index is 5.36. The molecule has 1 saturated heterocycles. The maximum atomic E-state index is 5.36. The van der Waals surface area contributed by atoms with Gasteiger partial charge in [-0.05, 0) is 19.3 Å². The molecule has 0 radical (unpaired) electrons. The highest BCUT2D eigenvalue weighted by molar-refractivity contribution is 4.91. The van der Waals surface area contributed by atoms with E-state index < -0.39 is 0 Å². The Hall–Kier alpha value is -0.520. The molecular formula is C13H24N2. The first kappa shape index (κ1) is 12.5. The number of terminal acetylenes is 1. The normalized spacial score (nSPS) is 25.1. The highest BCUT2D eigenvalue weighted by Crippen LogP contribution is 2.12. The summed E-state index contributed by atoms with van der Waals surface area (Å²) in [5, 5.41) is 3.58. The minimum Gasteiger partial charge on any atom is -0.311 e. The Bertz CT molecular complexity index is 217. The molecule has 2 atom stereocenters. The van der Waals surface area contributed by atoms with Gasteiger partial charge in [-0.25, -0.2) is 0 Å². The van der Waals surface area contributed by atoms with Crippen LogP contribution in [0, 0.1) is 18.3 Å². The molecule has 0 aromatic heterocycles. The van der Waals surface area contributed by atoms with Crippen molar-refractivity contribution in [3.63, 3.8) is 0 Å². The summed E-state index contributed by atoms with van der Waals surface area (Å²) in [6, 6.07) is 1.19. The Kier molecular flexibility index (Phi) is 5.14. The van der Waals surface area contributed by atoms with Gasteiger partial charge in [-0.3, -0.25) is 4.90 Å². The topological polar surface area (TPSA) is 15.3 Å². The molecule has 1 rings (SSSR count). The summed E-state index contributed by atoms with van der Waals surface area (Å²) in [5.41, 5.74) is 0. The highest BCUT2D eigenvalue weighted by Gasteiger charge is 2.22. The number of nitrogens with zero attached hydrogens (tertiary/aromatic N) is 1. The number of hydrogen-bond donors (Lipinski definition) is 1. The molecule has 0 aromatic rings. The van der Waals surface area contributed by atoms with Crippen molar-refractivity contribution in [1.82, 2.24) is 10.2 Å². The molecule has 1 aliphatic rings. The summed E-state index contributed by atoms with van der Waals surface area (Å²) in [7, 11) is 0. The standard InChI is InChI=1S/C13H24N2/c1-5-6-12(4)15-8-7-14-13(10-15)9-11(2)3/h1,11-14H,6-10H2,2-4H3. The average molecular weight is 208 g/mol. The lowest BCUT2D eigenvalue weighted by atomic mass is 10.0. The summed E-state index contributed by atoms with van der Waals surface area (Å²) < 4.78 is 0. The largest absolute Gasteiger partial charge is 0.311 e. The van der Waals surface area contributed by atoms with Crippen molar-refractivity contribution in [3.05, 3.63) is 0 Å².